The van der Waals surface area contributed by atoms with Gasteiger partial charge in [-0.2, -0.15) is 0 Å². The van der Waals surface area contributed by atoms with E-state index >= 15 is 0 Å². The molecule has 1 amide bonds. The average molecular weight is 326 g/mol. The summed E-state index contributed by atoms with van der Waals surface area (Å²) < 4.78 is 10.8. The minimum Gasteiger partial charge on any atom is -0.444 e. The SMILES string of the molecule is Cc1nc(C(=O)CC2COCCN2C(=O)OC(C)(C)C)cs1. The molecule has 1 aromatic heterocycles. The standard InChI is InChI=1S/C15H22N2O4S/c1-10-16-12(9-22-10)13(18)7-11-8-20-6-5-17(11)14(19)21-15(2,3)4/h9,11H,5-8H2,1-4H3. The van der Waals surface area contributed by atoms with Crippen LogP contribution in [-0.4, -0.2) is 53.2 Å². The number of carbonyl (C=O) groups excluding carboxylic acids is 2. The summed E-state index contributed by atoms with van der Waals surface area (Å²) in [5.74, 6) is -0.0755. The van der Waals surface area contributed by atoms with Crippen LogP contribution >= 0.6 is 11.3 Å². The molecule has 1 aliphatic rings. The Hall–Kier alpha value is -1.47. The van der Waals surface area contributed by atoms with Crippen LogP contribution in [0.25, 0.3) is 0 Å². The fourth-order valence-electron chi connectivity index (χ4n) is 2.19. The third-order valence-electron chi connectivity index (χ3n) is 3.18. The quantitative estimate of drug-likeness (QED) is 0.799. The summed E-state index contributed by atoms with van der Waals surface area (Å²) in [7, 11) is 0. The fraction of sp³-hybridized carbons (Fsp3) is 0.667. The Morgan fingerprint density at radius 3 is 2.82 bits per heavy atom. The van der Waals surface area contributed by atoms with Crippen LogP contribution in [0.3, 0.4) is 0 Å². The summed E-state index contributed by atoms with van der Waals surface area (Å²) >= 11 is 1.44. The molecule has 0 aliphatic carbocycles. The van der Waals surface area contributed by atoms with Crippen LogP contribution in [0.2, 0.25) is 0 Å². The van der Waals surface area contributed by atoms with Crippen molar-refractivity contribution in [1.82, 2.24) is 9.88 Å². The molecule has 122 valence electrons. The van der Waals surface area contributed by atoms with Crippen LogP contribution < -0.4 is 0 Å². The number of Topliss-reactive ketones (excluding diaryl/α,β-unsaturated/α-hetero) is 1. The van der Waals surface area contributed by atoms with E-state index < -0.39 is 11.7 Å². The molecule has 1 aromatic rings. The van der Waals surface area contributed by atoms with E-state index in [0.717, 1.165) is 5.01 Å². The van der Waals surface area contributed by atoms with E-state index in [4.69, 9.17) is 9.47 Å². The van der Waals surface area contributed by atoms with Gasteiger partial charge in [0.2, 0.25) is 0 Å². The van der Waals surface area contributed by atoms with Crippen LogP contribution in [-0.2, 0) is 9.47 Å². The van der Waals surface area contributed by atoms with Crippen molar-refractivity contribution in [2.24, 2.45) is 0 Å². The second-order valence-electron chi connectivity index (χ2n) is 6.28. The number of hydrogen-bond acceptors (Lipinski definition) is 6. The second-order valence-corrected chi connectivity index (χ2v) is 7.34. The second kappa shape index (κ2) is 6.75. The van der Waals surface area contributed by atoms with Crippen molar-refractivity contribution >= 4 is 23.2 Å². The molecule has 0 N–H and O–H groups in total. The van der Waals surface area contributed by atoms with Gasteiger partial charge in [-0.15, -0.1) is 11.3 Å². The third kappa shape index (κ3) is 4.51. The zero-order valence-corrected chi connectivity index (χ0v) is 14.2. The molecule has 0 radical (unpaired) electrons. The van der Waals surface area contributed by atoms with Gasteiger partial charge in [-0.1, -0.05) is 0 Å². The van der Waals surface area contributed by atoms with Crippen molar-refractivity contribution in [2.45, 2.75) is 45.8 Å². The highest BCUT2D eigenvalue weighted by atomic mass is 32.1. The zero-order chi connectivity index (χ0) is 16.3. The Balaban J connectivity index is 2.03. The van der Waals surface area contributed by atoms with Gasteiger partial charge in [0.05, 0.1) is 24.3 Å². The molecule has 1 atom stereocenters. The summed E-state index contributed by atoms with van der Waals surface area (Å²) in [6.07, 6.45) is -0.203. The number of ketones is 1. The summed E-state index contributed by atoms with van der Waals surface area (Å²) in [4.78, 5) is 30.3. The first-order chi connectivity index (χ1) is 10.3. The predicted octanol–water partition coefficient (Wildman–Crippen LogP) is 2.66. The highest BCUT2D eigenvalue weighted by molar-refractivity contribution is 7.09. The summed E-state index contributed by atoms with van der Waals surface area (Å²) in [5.41, 5.74) is -0.104. The van der Waals surface area contributed by atoms with E-state index in [9.17, 15) is 9.59 Å². The van der Waals surface area contributed by atoms with E-state index in [1.54, 1.807) is 10.3 Å². The Morgan fingerprint density at radius 2 is 2.23 bits per heavy atom. The van der Waals surface area contributed by atoms with E-state index in [1.807, 2.05) is 27.7 Å². The van der Waals surface area contributed by atoms with Crippen LogP contribution in [0.5, 0.6) is 0 Å². The number of amides is 1. The number of hydrogen-bond donors (Lipinski definition) is 0. The Kier molecular flexibility index (Phi) is 5.18. The van der Waals surface area contributed by atoms with Gasteiger partial charge < -0.3 is 14.4 Å². The van der Waals surface area contributed by atoms with E-state index in [0.29, 0.717) is 25.5 Å². The largest absolute Gasteiger partial charge is 0.444 e. The summed E-state index contributed by atoms with van der Waals surface area (Å²) in [6.45, 7) is 8.56. The van der Waals surface area contributed by atoms with Gasteiger partial charge in [-0.25, -0.2) is 9.78 Å². The van der Waals surface area contributed by atoms with Crippen molar-refractivity contribution in [3.05, 3.63) is 16.1 Å². The minimum absolute atomic E-state index is 0.0755. The van der Waals surface area contributed by atoms with Gasteiger partial charge in [-0.05, 0) is 27.7 Å². The molecule has 1 saturated heterocycles. The molecule has 2 heterocycles. The van der Waals surface area contributed by atoms with Crippen LogP contribution in [0.1, 0.15) is 42.7 Å². The molecule has 0 spiro atoms. The maximum atomic E-state index is 12.3. The van der Waals surface area contributed by atoms with Crippen LogP contribution in [0.4, 0.5) is 4.79 Å². The van der Waals surface area contributed by atoms with E-state index in [1.165, 1.54) is 11.3 Å². The molecule has 0 bridgehead atoms. The first-order valence-corrected chi connectivity index (χ1v) is 8.17. The first-order valence-electron chi connectivity index (χ1n) is 7.29. The molecule has 0 saturated carbocycles. The van der Waals surface area contributed by atoms with Crippen molar-refractivity contribution < 1.29 is 19.1 Å². The number of aromatic nitrogens is 1. The fourth-order valence-corrected chi connectivity index (χ4v) is 2.81. The lowest BCUT2D eigenvalue weighted by Crippen LogP contribution is -2.51. The monoisotopic (exact) mass is 326 g/mol. The number of rotatable bonds is 3. The van der Waals surface area contributed by atoms with Gasteiger partial charge in [0.1, 0.15) is 11.3 Å². The Labute approximate surface area is 134 Å². The molecule has 22 heavy (non-hydrogen) atoms. The van der Waals surface area contributed by atoms with Gasteiger partial charge >= 0.3 is 6.09 Å². The maximum absolute atomic E-state index is 12.3. The van der Waals surface area contributed by atoms with Gasteiger partial charge in [0, 0.05) is 18.3 Å². The van der Waals surface area contributed by atoms with Crippen molar-refractivity contribution in [3.63, 3.8) is 0 Å². The maximum Gasteiger partial charge on any atom is 0.410 e. The highest BCUT2D eigenvalue weighted by Gasteiger charge is 2.32. The van der Waals surface area contributed by atoms with Crippen molar-refractivity contribution in [2.75, 3.05) is 19.8 Å². The third-order valence-corrected chi connectivity index (χ3v) is 3.95. The average Bonchev–Trinajstić information content (AvgIpc) is 2.84. The number of ether oxygens (including phenoxy) is 2. The zero-order valence-electron chi connectivity index (χ0n) is 13.4. The lowest BCUT2D eigenvalue weighted by atomic mass is 10.1. The minimum atomic E-state index is -0.560. The first kappa shape index (κ1) is 16.9. The predicted molar refractivity (Wildman–Crippen MR) is 83.3 cm³/mol. The van der Waals surface area contributed by atoms with E-state index in [-0.39, 0.29) is 18.2 Å². The lowest BCUT2D eigenvalue weighted by molar-refractivity contribution is -0.0322. The lowest BCUT2D eigenvalue weighted by Gasteiger charge is -2.36. The molecular formula is C15H22N2O4S. The number of morpholine rings is 1. The number of nitrogens with zero attached hydrogens (tertiary/aromatic N) is 2. The summed E-state index contributed by atoms with van der Waals surface area (Å²) in [6, 6.07) is -0.307. The van der Waals surface area contributed by atoms with Crippen molar-refractivity contribution in [1.29, 1.82) is 0 Å². The molecule has 6 nitrogen and oxygen atoms in total. The highest BCUT2D eigenvalue weighted by Crippen LogP contribution is 2.19. The number of thiazole rings is 1. The Bertz CT molecular complexity index is 550. The van der Waals surface area contributed by atoms with E-state index in [2.05, 4.69) is 4.98 Å². The molecule has 1 fully saturated rings. The molecule has 7 heteroatoms. The smallest absolute Gasteiger partial charge is 0.410 e. The van der Waals surface area contributed by atoms with Crippen LogP contribution in [0.15, 0.2) is 5.38 Å². The molecular weight excluding hydrogens is 304 g/mol. The molecule has 1 unspecified atom stereocenters. The summed E-state index contributed by atoms with van der Waals surface area (Å²) in [5, 5.41) is 2.60. The van der Waals surface area contributed by atoms with Crippen molar-refractivity contribution in [3.8, 4) is 0 Å². The topological polar surface area (TPSA) is 68.7 Å². The molecule has 1 aliphatic heterocycles. The molecule has 2 rings (SSSR count). The number of carbonyl (C=O) groups is 2. The van der Waals surface area contributed by atoms with Gasteiger partial charge in [0.25, 0.3) is 0 Å². The number of aryl methyl sites for hydroxylation is 1. The van der Waals surface area contributed by atoms with Crippen LogP contribution in [0, 0.1) is 6.92 Å². The van der Waals surface area contributed by atoms with Gasteiger partial charge in [0.15, 0.2) is 5.78 Å². The normalized spacial score (nSPS) is 19.1. The van der Waals surface area contributed by atoms with Gasteiger partial charge in [-0.3, -0.25) is 4.79 Å². The molecule has 0 aromatic carbocycles. The Morgan fingerprint density at radius 1 is 1.50 bits per heavy atom.